The molecule has 1 aliphatic rings. The molecule has 0 saturated carbocycles. The number of halogens is 1. The Morgan fingerprint density at radius 3 is 2.40 bits per heavy atom. The van der Waals surface area contributed by atoms with Crippen LogP contribution in [0.5, 0.6) is 0 Å². The normalized spacial score (nSPS) is 17.7. The van der Waals surface area contributed by atoms with Gasteiger partial charge in [0, 0.05) is 5.57 Å². The lowest BCUT2D eigenvalue weighted by Crippen LogP contribution is -2.11. The molecule has 1 aromatic rings. The number of ketones is 1. The summed E-state index contributed by atoms with van der Waals surface area (Å²) in [5.74, 6) is -0.323. The van der Waals surface area contributed by atoms with Crippen LogP contribution in [0.4, 0.5) is 0 Å². The Labute approximate surface area is 121 Å². The largest absolute Gasteiger partial charge is 0.358 e. The molecule has 0 N–H and O–H groups in total. The van der Waals surface area contributed by atoms with E-state index in [0.717, 1.165) is 0 Å². The number of benzene rings is 1. The van der Waals surface area contributed by atoms with E-state index >= 15 is 0 Å². The highest BCUT2D eigenvalue weighted by Gasteiger charge is 2.18. The zero-order chi connectivity index (χ0) is 14.8. The predicted octanol–water partition coefficient (Wildman–Crippen LogP) is 2.40. The van der Waals surface area contributed by atoms with Gasteiger partial charge in [-0.25, -0.2) is 0 Å². The van der Waals surface area contributed by atoms with Gasteiger partial charge in [-0.3, -0.25) is 9.08 Å². The quantitative estimate of drug-likeness (QED) is 0.634. The molecule has 7 heteroatoms. The smallest absolute Gasteiger partial charge is 0.288 e. The minimum Gasteiger partial charge on any atom is -0.288 e. The van der Waals surface area contributed by atoms with Gasteiger partial charge in [-0.05, 0) is 31.2 Å². The number of hydrogen-bond donors (Lipinski definition) is 0. The number of allylic oxidation sites excluding steroid dienone is 4. The Balaban J connectivity index is 2.24. The summed E-state index contributed by atoms with van der Waals surface area (Å²) in [6.45, 7) is 1.55. The number of carbonyl (C=O) groups excluding carboxylic acids is 1. The van der Waals surface area contributed by atoms with E-state index in [1.807, 2.05) is 0 Å². The molecule has 0 heterocycles. The fourth-order valence-corrected chi connectivity index (χ4v) is 2.51. The summed E-state index contributed by atoms with van der Waals surface area (Å²) in [6.07, 6.45) is 2.64. The number of hydrogen-bond acceptors (Lipinski definition) is 5. The number of carbonyl (C=O) groups is 1. The van der Waals surface area contributed by atoms with Gasteiger partial charge in [0.2, 0.25) is 0 Å². The zero-order valence-corrected chi connectivity index (χ0v) is 12.0. The lowest BCUT2D eigenvalue weighted by Gasteiger charge is -2.07. The van der Waals surface area contributed by atoms with Gasteiger partial charge in [-0.2, -0.15) is 8.42 Å². The first-order valence-corrected chi connectivity index (χ1v) is 7.36. The lowest BCUT2D eigenvalue weighted by atomic mass is 10.1. The van der Waals surface area contributed by atoms with Crippen LogP contribution in [0.3, 0.4) is 0 Å². The molecular weight excluding hydrogens is 302 g/mol. The molecule has 0 amide bonds. The zero-order valence-electron chi connectivity index (χ0n) is 10.4. The Morgan fingerprint density at radius 2 is 1.80 bits per heavy atom. The molecule has 20 heavy (non-hydrogen) atoms. The molecule has 0 atom stereocenters. The van der Waals surface area contributed by atoms with E-state index in [2.05, 4.69) is 9.44 Å². The summed E-state index contributed by atoms with van der Waals surface area (Å²) in [6, 6.07) is 7.62. The van der Waals surface area contributed by atoms with Crippen LogP contribution in [0.1, 0.15) is 6.92 Å². The van der Waals surface area contributed by atoms with Crippen LogP contribution in [0, 0.1) is 0 Å². The molecule has 1 aromatic carbocycles. The van der Waals surface area contributed by atoms with E-state index in [9.17, 15) is 13.2 Å². The fraction of sp³-hybridized carbons (Fsp3) is 0.0769. The van der Waals surface area contributed by atoms with Crippen LogP contribution in [-0.4, -0.2) is 19.9 Å². The fourth-order valence-electron chi connectivity index (χ4n) is 1.49. The van der Waals surface area contributed by atoms with Crippen molar-refractivity contribution in [2.45, 2.75) is 11.8 Å². The van der Waals surface area contributed by atoms with Crippen LogP contribution in [-0.2, 0) is 19.2 Å². The van der Waals surface area contributed by atoms with E-state index < -0.39 is 10.1 Å². The molecule has 104 valence electrons. The first-order chi connectivity index (χ1) is 9.40. The standard InChI is InChI=1S/C13H10ClNO4S/c1-9-7-10(8-12(14)13(9)16)15-19-20(17,18)11-5-3-2-4-6-11/h2-8H,1H3/b15-10+. The highest BCUT2D eigenvalue weighted by atomic mass is 35.5. The van der Waals surface area contributed by atoms with E-state index in [1.165, 1.54) is 24.3 Å². The van der Waals surface area contributed by atoms with Crippen LogP contribution in [0.2, 0.25) is 0 Å². The third kappa shape index (κ3) is 3.15. The molecule has 0 bridgehead atoms. The second-order valence-corrected chi connectivity index (χ2v) is 5.94. The minimum atomic E-state index is -3.98. The maximum atomic E-state index is 11.8. The molecule has 0 unspecified atom stereocenters. The summed E-state index contributed by atoms with van der Waals surface area (Å²) in [5, 5.41) is 3.47. The van der Waals surface area contributed by atoms with Crippen LogP contribution in [0.15, 0.2) is 63.1 Å². The monoisotopic (exact) mass is 311 g/mol. The van der Waals surface area contributed by atoms with Gasteiger partial charge < -0.3 is 0 Å². The van der Waals surface area contributed by atoms with Gasteiger partial charge in [0.25, 0.3) is 0 Å². The van der Waals surface area contributed by atoms with Crippen molar-refractivity contribution in [2.24, 2.45) is 5.16 Å². The Bertz CT molecular complexity index is 709. The Kier molecular flexibility index (Phi) is 4.06. The van der Waals surface area contributed by atoms with Crippen molar-refractivity contribution in [1.82, 2.24) is 0 Å². The summed E-state index contributed by atoms with van der Waals surface area (Å²) in [7, 11) is -3.98. The van der Waals surface area contributed by atoms with Gasteiger partial charge in [0.1, 0.15) is 10.6 Å². The van der Waals surface area contributed by atoms with Gasteiger partial charge in [0.15, 0.2) is 5.78 Å². The van der Waals surface area contributed by atoms with Crippen molar-refractivity contribution < 1.29 is 17.5 Å². The predicted molar refractivity (Wildman–Crippen MR) is 74.8 cm³/mol. The average Bonchev–Trinajstić information content (AvgIpc) is 2.43. The van der Waals surface area contributed by atoms with Crippen molar-refractivity contribution in [3.05, 3.63) is 53.1 Å². The Morgan fingerprint density at radius 1 is 1.15 bits per heavy atom. The SMILES string of the molecule is CC1=C/C(=N\OS(=O)(=O)c2ccccc2)C=C(Cl)C1=O. The molecule has 0 saturated heterocycles. The second-order valence-electron chi connectivity index (χ2n) is 4.01. The summed E-state index contributed by atoms with van der Waals surface area (Å²) >= 11 is 5.71. The third-order valence-corrected chi connectivity index (χ3v) is 3.89. The topological polar surface area (TPSA) is 72.8 Å². The van der Waals surface area contributed by atoms with Crippen LogP contribution < -0.4 is 0 Å². The summed E-state index contributed by atoms with van der Waals surface area (Å²) < 4.78 is 28.3. The first-order valence-electron chi connectivity index (χ1n) is 5.57. The number of oxime groups is 1. The second kappa shape index (κ2) is 5.60. The van der Waals surface area contributed by atoms with Gasteiger partial charge in [-0.15, -0.1) is 0 Å². The maximum absolute atomic E-state index is 11.8. The van der Waals surface area contributed by atoms with E-state index in [4.69, 9.17) is 11.6 Å². The van der Waals surface area contributed by atoms with Crippen molar-refractivity contribution in [1.29, 1.82) is 0 Å². The van der Waals surface area contributed by atoms with Gasteiger partial charge in [-0.1, -0.05) is 35.0 Å². The van der Waals surface area contributed by atoms with Gasteiger partial charge in [0.05, 0.1) is 5.03 Å². The molecule has 1 aliphatic carbocycles. The maximum Gasteiger partial charge on any atom is 0.358 e. The van der Waals surface area contributed by atoms with Gasteiger partial charge >= 0.3 is 10.1 Å². The van der Waals surface area contributed by atoms with Crippen LogP contribution in [0.25, 0.3) is 0 Å². The van der Waals surface area contributed by atoms with E-state index in [-0.39, 0.29) is 21.4 Å². The number of Topliss-reactive ketones (excluding diaryl/α,β-unsaturated/α-hetero) is 1. The average molecular weight is 312 g/mol. The molecule has 0 spiro atoms. The molecule has 0 radical (unpaired) electrons. The molecule has 0 aromatic heterocycles. The molecule has 0 fully saturated rings. The molecule has 2 rings (SSSR count). The lowest BCUT2D eigenvalue weighted by molar-refractivity contribution is -0.111. The first kappa shape index (κ1) is 14.5. The van der Waals surface area contributed by atoms with Crippen molar-refractivity contribution in [2.75, 3.05) is 0 Å². The number of nitrogens with zero attached hydrogens (tertiary/aromatic N) is 1. The molecule has 5 nitrogen and oxygen atoms in total. The van der Waals surface area contributed by atoms with Crippen molar-refractivity contribution in [3.63, 3.8) is 0 Å². The highest BCUT2D eigenvalue weighted by Crippen LogP contribution is 2.17. The van der Waals surface area contributed by atoms with E-state index in [1.54, 1.807) is 25.1 Å². The minimum absolute atomic E-state index is 0.00739. The summed E-state index contributed by atoms with van der Waals surface area (Å²) in [4.78, 5) is 11.4. The third-order valence-electron chi connectivity index (χ3n) is 2.49. The van der Waals surface area contributed by atoms with E-state index in [0.29, 0.717) is 5.57 Å². The van der Waals surface area contributed by atoms with Crippen molar-refractivity contribution >= 4 is 33.2 Å². The summed E-state index contributed by atoms with van der Waals surface area (Å²) in [5.41, 5.74) is 0.517. The molecule has 0 aliphatic heterocycles. The highest BCUT2D eigenvalue weighted by molar-refractivity contribution is 7.86. The van der Waals surface area contributed by atoms with Crippen LogP contribution >= 0.6 is 11.6 Å². The molecular formula is C13H10ClNO4S. The number of rotatable bonds is 3. The van der Waals surface area contributed by atoms with Crippen molar-refractivity contribution in [3.8, 4) is 0 Å². The Hall–Kier alpha value is -1.92.